The molecular formula is C15H22N4. The topological polar surface area (TPSA) is 42.7 Å². The highest BCUT2D eigenvalue weighted by molar-refractivity contribution is 5.13. The van der Waals surface area contributed by atoms with Crippen molar-refractivity contribution in [1.29, 1.82) is 0 Å². The quantitative estimate of drug-likeness (QED) is 0.830. The number of nitrogens with zero attached hydrogens (tertiary/aromatic N) is 3. The van der Waals surface area contributed by atoms with E-state index in [4.69, 9.17) is 0 Å². The molecule has 0 spiro atoms. The molecule has 2 aromatic rings. The molecule has 1 atom stereocenters. The highest BCUT2D eigenvalue weighted by Crippen LogP contribution is 2.16. The molecule has 2 heterocycles. The predicted molar refractivity (Wildman–Crippen MR) is 76.9 cm³/mol. The molecule has 0 aliphatic rings. The molecule has 0 amide bonds. The van der Waals surface area contributed by atoms with E-state index in [1.165, 1.54) is 5.56 Å². The highest BCUT2D eigenvalue weighted by Gasteiger charge is 2.16. The van der Waals surface area contributed by atoms with Gasteiger partial charge in [0, 0.05) is 31.3 Å². The summed E-state index contributed by atoms with van der Waals surface area (Å²) in [6, 6.07) is 4.35. The van der Waals surface area contributed by atoms with Crippen molar-refractivity contribution >= 4 is 0 Å². The van der Waals surface area contributed by atoms with Crippen LogP contribution in [0.5, 0.6) is 0 Å². The van der Waals surface area contributed by atoms with Gasteiger partial charge in [-0.2, -0.15) is 0 Å². The average Bonchev–Trinajstić information content (AvgIpc) is 2.93. The molecule has 2 rings (SSSR count). The summed E-state index contributed by atoms with van der Waals surface area (Å²) in [6.45, 7) is 6.28. The summed E-state index contributed by atoms with van der Waals surface area (Å²) in [7, 11) is 0. The lowest BCUT2D eigenvalue weighted by Gasteiger charge is -2.19. The van der Waals surface area contributed by atoms with Crippen LogP contribution in [0, 0.1) is 0 Å². The summed E-state index contributed by atoms with van der Waals surface area (Å²) >= 11 is 0. The van der Waals surface area contributed by atoms with Gasteiger partial charge in [-0.3, -0.25) is 4.98 Å². The normalized spacial score (nSPS) is 12.5. The Balaban J connectivity index is 2.16. The van der Waals surface area contributed by atoms with Gasteiger partial charge >= 0.3 is 0 Å². The number of aryl methyl sites for hydroxylation is 1. The summed E-state index contributed by atoms with van der Waals surface area (Å²) in [6.07, 6.45) is 9.70. The monoisotopic (exact) mass is 258 g/mol. The minimum Gasteiger partial charge on any atom is -0.334 e. The van der Waals surface area contributed by atoms with Gasteiger partial charge in [0.25, 0.3) is 0 Å². The predicted octanol–water partition coefficient (Wildman–Crippen LogP) is 2.58. The zero-order valence-corrected chi connectivity index (χ0v) is 11.7. The Bertz CT molecular complexity index is 478. The van der Waals surface area contributed by atoms with Crippen molar-refractivity contribution in [1.82, 2.24) is 19.9 Å². The number of imidazole rings is 1. The van der Waals surface area contributed by atoms with Gasteiger partial charge in [-0.1, -0.05) is 13.0 Å². The van der Waals surface area contributed by atoms with E-state index in [1.54, 1.807) is 0 Å². The van der Waals surface area contributed by atoms with E-state index in [0.717, 1.165) is 31.8 Å². The average molecular weight is 258 g/mol. The van der Waals surface area contributed by atoms with E-state index >= 15 is 0 Å². The lowest BCUT2D eigenvalue weighted by molar-refractivity contribution is 0.482. The van der Waals surface area contributed by atoms with Gasteiger partial charge in [0.1, 0.15) is 5.82 Å². The van der Waals surface area contributed by atoms with Crippen LogP contribution in [-0.2, 0) is 13.0 Å². The van der Waals surface area contributed by atoms with Crippen LogP contribution < -0.4 is 5.32 Å². The van der Waals surface area contributed by atoms with Crippen LogP contribution in [0.1, 0.15) is 37.7 Å². The molecule has 0 bridgehead atoms. The van der Waals surface area contributed by atoms with Crippen molar-refractivity contribution in [3.8, 4) is 0 Å². The van der Waals surface area contributed by atoms with Crippen molar-refractivity contribution in [2.75, 3.05) is 6.54 Å². The molecule has 0 saturated heterocycles. The minimum atomic E-state index is 0.249. The first kappa shape index (κ1) is 13.7. The van der Waals surface area contributed by atoms with E-state index in [2.05, 4.69) is 39.8 Å². The lowest BCUT2D eigenvalue weighted by atomic mass is 10.1. The molecule has 0 fully saturated rings. The van der Waals surface area contributed by atoms with Crippen LogP contribution in [0.4, 0.5) is 0 Å². The van der Waals surface area contributed by atoms with Crippen molar-refractivity contribution < 1.29 is 0 Å². The molecule has 0 aliphatic carbocycles. The lowest BCUT2D eigenvalue weighted by Crippen LogP contribution is -2.27. The SMILES string of the molecule is CCCNC(Cc1cccnc1)c1nccn1CC. The number of hydrogen-bond acceptors (Lipinski definition) is 3. The van der Waals surface area contributed by atoms with Crippen LogP contribution in [0.25, 0.3) is 0 Å². The van der Waals surface area contributed by atoms with Crippen molar-refractivity contribution in [3.05, 3.63) is 48.3 Å². The Morgan fingerprint density at radius 2 is 2.21 bits per heavy atom. The summed E-state index contributed by atoms with van der Waals surface area (Å²) in [5.41, 5.74) is 1.24. The van der Waals surface area contributed by atoms with Crippen LogP contribution in [0.15, 0.2) is 36.9 Å². The molecule has 1 N–H and O–H groups in total. The molecule has 2 aromatic heterocycles. The second-order valence-corrected chi connectivity index (χ2v) is 4.64. The maximum atomic E-state index is 4.52. The van der Waals surface area contributed by atoms with Gasteiger partial charge in [-0.25, -0.2) is 4.98 Å². The highest BCUT2D eigenvalue weighted by atomic mass is 15.1. The fraction of sp³-hybridized carbons (Fsp3) is 0.467. The Kier molecular flexibility index (Phi) is 5.10. The number of rotatable bonds is 7. The van der Waals surface area contributed by atoms with Crippen LogP contribution in [-0.4, -0.2) is 21.1 Å². The number of pyridine rings is 1. The van der Waals surface area contributed by atoms with Crippen LogP contribution in [0.3, 0.4) is 0 Å². The third kappa shape index (κ3) is 3.64. The number of aromatic nitrogens is 3. The van der Waals surface area contributed by atoms with Crippen molar-refractivity contribution in [2.24, 2.45) is 0 Å². The van der Waals surface area contributed by atoms with Crippen molar-refractivity contribution in [3.63, 3.8) is 0 Å². The van der Waals surface area contributed by atoms with Crippen LogP contribution >= 0.6 is 0 Å². The summed E-state index contributed by atoms with van der Waals surface area (Å²) in [5.74, 6) is 1.11. The number of nitrogens with one attached hydrogen (secondary N) is 1. The van der Waals surface area contributed by atoms with Crippen molar-refractivity contribution in [2.45, 2.75) is 39.3 Å². The molecule has 1 unspecified atom stereocenters. The maximum absolute atomic E-state index is 4.52. The van der Waals surface area contributed by atoms with Gasteiger partial charge in [0.15, 0.2) is 0 Å². The van der Waals surface area contributed by atoms with E-state index in [-0.39, 0.29) is 6.04 Å². The van der Waals surface area contributed by atoms with Gasteiger partial charge < -0.3 is 9.88 Å². The molecule has 4 nitrogen and oxygen atoms in total. The molecule has 102 valence electrons. The molecule has 0 radical (unpaired) electrons. The molecule has 0 aliphatic heterocycles. The van der Waals surface area contributed by atoms with Gasteiger partial charge in [0.2, 0.25) is 0 Å². The molecular weight excluding hydrogens is 236 g/mol. The third-order valence-electron chi connectivity index (χ3n) is 3.20. The Labute approximate surface area is 114 Å². The van der Waals surface area contributed by atoms with Crippen LogP contribution in [0.2, 0.25) is 0 Å². The second-order valence-electron chi connectivity index (χ2n) is 4.64. The van der Waals surface area contributed by atoms with E-state index in [1.807, 2.05) is 30.9 Å². The number of hydrogen-bond donors (Lipinski definition) is 1. The van der Waals surface area contributed by atoms with Gasteiger partial charge in [0.05, 0.1) is 6.04 Å². The molecule has 19 heavy (non-hydrogen) atoms. The fourth-order valence-electron chi connectivity index (χ4n) is 2.23. The van der Waals surface area contributed by atoms with E-state index in [0.29, 0.717) is 0 Å². The zero-order valence-electron chi connectivity index (χ0n) is 11.7. The smallest absolute Gasteiger partial charge is 0.126 e. The summed E-state index contributed by atoms with van der Waals surface area (Å²) < 4.78 is 2.20. The molecule has 0 saturated carbocycles. The molecule has 0 aromatic carbocycles. The summed E-state index contributed by atoms with van der Waals surface area (Å²) in [4.78, 5) is 8.70. The largest absolute Gasteiger partial charge is 0.334 e. The summed E-state index contributed by atoms with van der Waals surface area (Å²) in [5, 5.41) is 3.58. The second kappa shape index (κ2) is 7.04. The fourth-order valence-corrected chi connectivity index (χ4v) is 2.23. The first-order valence-electron chi connectivity index (χ1n) is 6.98. The first-order valence-corrected chi connectivity index (χ1v) is 6.98. The Morgan fingerprint density at radius 1 is 1.32 bits per heavy atom. The standard InChI is InChI=1S/C15H22N4/c1-3-7-17-14(11-13-6-5-8-16-12-13)15-18-9-10-19(15)4-2/h5-6,8-10,12,14,17H,3-4,7,11H2,1-2H3. The van der Waals surface area contributed by atoms with E-state index < -0.39 is 0 Å². The third-order valence-corrected chi connectivity index (χ3v) is 3.20. The minimum absolute atomic E-state index is 0.249. The van der Waals surface area contributed by atoms with Gasteiger partial charge in [-0.15, -0.1) is 0 Å². The van der Waals surface area contributed by atoms with Gasteiger partial charge in [-0.05, 0) is 37.9 Å². The Hall–Kier alpha value is -1.68. The first-order chi connectivity index (χ1) is 9.35. The Morgan fingerprint density at radius 3 is 2.89 bits per heavy atom. The zero-order chi connectivity index (χ0) is 13.5. The van der Waals surface area contributed by atoms with E-state index in [9.17, 15) is 0 Å². The maximum Gasteiger partial charge on any atom is 0.126 e. The molecule has 4 heteroatoms.